The summed E-state index contributed by atoms with van der Waals surface area (Å²) >= 11 is 0. The molecule has 1 aromatic carbocycles. The van der Waals surface area contributed by atoms with E-state index in [4.69, 9.17) is 0 Å². The molecule has 0 atom stereocenters. The van der Waals surface area contributed by atoms with Crippen molar-refractivity contribution in [3.63, 3.8) is 0 Å². The summed E-state index contributed by atoms with van der Waals surface area (Å²) in [6.07, 6.45) is 3.34. The highest BCUT2D eigenvalue weighted by molar-refractivity contribution is 5.81. The molecule has 1 aliphatic rings. The molecule has 0 aromatic heterocycles. The van der Waals surface area contributed by atoms with Crippen molar-refractivity contribution < 1.29 is 4.39 Å². The summed E-state index contributed by atoms with van der Waals surface area (Å²) in [7, 11) is 0. The van der Waals surface area contributed by atoms with E-state index < -0.39 is 0 Å². The topological polar surface area (TPSA) is 15.3 Å². The van der Waals surface area contributed by atoms with Gasteiger partial charge in [0, 0.05) is 35.9 Å². The Labute approximate surface area is 134 Å². The summed E-state index contributed by atoms with van der Waals surface area (Å²) in [5.74, 6) is -0.112. The molecule has 0 aliphatic carbocycles. The number of allylic oxidation sites excluding steroid dienone is 1. The number of anilines is 1. The molecule has 1 N–H and O–H groups in total. The van der Waals surface area contributed by atoms with Crippen LogP contribution in [0.15, 0.2) is 18.2 Å². The van der Waals surface area contributed by atoms with Crippen molar-refractivity contribution in [3.8, 4) is 0 Å². The third kappa shape index (κ3) is 3.35. The Hall–Kier alpha value is -1.35. The minimum absolute atomic E-state index is 0.0722. The maximum absolute atomic E-state index is 14.5. The van der Waals surface area contributed by atoms with Crippen molar-refractivity contribution >= 4 is 11.3 Å². The van der Waals surface area contributed by atoms with Gasteiger partial charge < -0.3 is 10.2 Å². The average molecular weight is 304 g/mol. The molecule has 22 heavy (non-hydrogen) atoms. The van der Waals surface area contributed by atoms with E-state index in [2.05, 4.69) is 57.8 Å². The van der Waals surface area contributed by atoms with Gasteiger partial charge >= 0.3 is 0 Å². The van der Waals surface area contributed by atoms with Gasteiger partial charge in [0.2, 0.25) is 0 Å². The second-order valence-electron chi connectivity index (χ2n) is 7.13. The highest BCUT2D eigenvalue weighted by Crippen LogP contribution is 2.40. The maximum atomic E-state index is 14.5. The first kappa shape index (κ1) is 17.0. The van der Waals surface area contributed by atoms with Crippen molar-refractivity contribution in [2.45, 2.75) is 66.1 Å². The fraction of sp³-hybridized carbons (Fsp3) is 0.579. The first-order valence-electron chi connectivity index (χ1n) is 8.29. The van der Waals surface area contributed by atoms with E-state index in [0.29, 0.717) is 12.6 Å². The smallest absolute Gasteiger partial charge is 0.129 e. The van der Waals surface area contributed by atoms with E-state index >= 15 is 0 Å². The van der Waals surface area contributed by atoms with Crippen molar-refractivity contribution in [2.24, 2.45) is 0 Å². The van der Waals surface area contributed by atoms with E-state index in [0.717, 1.165) is 29.8 Å². The van der Waals surface area contributed by atoms with E-state index in [1.165, 1.54) is 5.57 Å². The molecular formula is C19H29FN2. The van der Waals surface area contributed by atoms with Crippen LogP contribution in [0.3, 0.4) is 0 Å². The van der Waals surface area contributed by atoms with Crippen LogP contribution in [0.4, 0.5) is 10.1 Å². The number of halogens is 1. The van der Waals surface area contributed by atoms with Gasteiger partial charge in [-0.25, -0.2) is 4.39 Å². The van der Waals surface area contributed by atoms with Gasteiger partial charge in [0.25, 0.3) is 0 Å². The molecule has 0 saturated heterocycles. The Balaban J connectivity index is 2.46. The third-order valence-electron chi connectivity index (χ3n) is 4.29. The predicted molar refractivity (Wildman–Crippen MR) is 93.7 cm³/mol. The molecule has 122 valence electrons. The van der Waals surface area contributed by atoms with Crippen molar-refractivity contribution in [1.82, 2.24) is 5.32 Å². The summed E-state index contributed by atoms with van der Waals surface area (Å²) in [6, 6.07) is 4.09. The quantitative estimate of drug-likeness (QED) is 0.845. The molecule has 0 fully saturated rings. The number of hydrogen-bond acceptors (Lipinski definition) is 2. The Bertz CT molecular complexity index is 573. The molecule has 0 radical (unpaired) electrons. The minimum atomic E-state index is -0.112. The minimum Gasteiger partial charge on any atom is -0.362 e. The lowest BCUT2D eigenvalue weighted by atomic mass is 9.87. The number of nitrogens with one attached hydrogen (secondary N) is 1. The lowest BCUT2D eigenvalue weighted by Gasteiger charge is -2.43. The van der Waals surface area contributed by atoms with Crippen molar-refractivity contribution in [3.05, 3.63) is 35.2 Å². The van der Waals surface area contributed by atoms with Gasteiger partial charge in [-0.15, -0.1) is 0 Å². The zero-order valence-corrected chi connectivity index (χ0v) is 14.8. The molecule has 0 amide bonds. The molecular weight excluding hydrogens is 275 g/mol. The van der Waals surface area contributed by atoms with Crippen LogP contribution in [0, 0.1) is 5.82 Å². The maximum Gasteiger partial charge on any atom is 0.129 e. The van der Waals surface area contributed by atoms with Gasteiger partial charge in [0.1, 0.15) is 5.82 Å². The zero-order chi connectivity index (χ0) is 16.5. The third-order valence-corrected chi connectivity index (χ3v) is 4.29. The van der Waals surface area contributed by atoms with Crippen molar-refractivity contribution in [2.75, 3.05) is 11.4 Å². The molecule has 0 spiro atoms. The van der Waals surface area contributed by atoms with Crippen LogP contribution < -0.4 is 10.2 Å². The van der Waals surface area contributed by atoms with Gasteiger partial charge in [-0.05, 0) is 44.9 Å². The summed E-state index contributed by atoms with van der Waals surface area (Å²) in [6.45, 7) is 14.3. The van der Waals surface area contributed by atoms with Crippen LogP contribution in [0.5, 0.6) is 0 Å². The van der Waals surface area contributed by atoms with Gasteiger partial charge in [-0.1, -0.05) is 26.8 Å². The van der Waals surface area contributed by atoms with Crippen LogP contribution in [0.1, 0.15) is 59.1 Å². The van der Waals surface area contributed by atoms with Crippen LogP contribution in [-0.4, -0.2) is 18.1 Å². The largest absolute Gasteiger partial charge is 0.362 e. The Morgan fingerprint density at radius 1 is 1.27 bits per heavy atom. The van der Waals surface area contributed by atoms with Gasteiger partial charge in [-0.2, -0.15) is 0 Å². The number of rotatable bonds is 5. The first-order chi connectivity index (χ1) is 10.3. The molecule has 1 aliphatic heterocycles. The molecule has 2 rings (SSSR count). The molecule has 0 saturated carbocycles. The summed E-state index contributed by atoms with van der Waals surface area (Å²) in [5.41, 5.74) is 4.10. The van der Waals surface area contributed by atoms with Crippen LogP contribution in [0.25, 0.3) is 5.57 Å². The lowest BCUT2D eigenvalue weighted by molar-refractivity contribution is 0.537. The number of fused-ring (bicyclic) bond motifs is 1. The Morgan fingerprint density at radius 2 is 1.95 bits per heavy atom. The van der Waals surface area contributed by atoms with Crippen LogP contribution in [-0.2, 0) is 6.54 Å². The average Bonchev–Trinajstić information content (AvgIpc) is 2.41. The highest BCUT2D eigenvalue weighted by atomic mass is 19.1. The second-order valence-corrected chi connectivity index (χ2v) is 7.13. The summed E-state index contributed by atoms with van der Waals surface area (Å²) < 4.78 is 14.5. The normalized spacial score (nSPS) is 16.7. The predicted octanol–water partition coefficient (Wildman–Crippen LogP) is 4.74. The first-order valence-corrected chi connectivity index (χ1v) is 8.29. The molecule has 2 nitrogen and oxygen atoms in total. The van der Waals surface area contributed by atoms with Gasteiger partial charge in [0.05, 0.1) is 5.54 Å². The Morgan fingerprint density at radius 3 is 2.55 bits per heavy atom. The van der Waals surface area contributed by atoms with Gasteiger partial charge in [0.15, 0.2) is 0 Å². The summed E-state index contributed by atoms with van der Waals surface area (Å²) in [4.78, 5) is 2.32. The van der Waals surface area contributed by atoms with E-state index in [1.807, 2.05) is 6.07 Å². The Kier molecular flexibility index (Phi) is 4.96. The SMILES string of the molecule is CCCN1c2cc(F)c(CNC(C)C)cc2C(C)=CC1(C)C. The monoisotopic (exact) mass is 304 g/mol. The second kappa shape index (κ2) is 6.41. The standard InChI is InChI=1S/C19H29FN2/c1-7-8-22-18-10-17(20)15(12-21-13(2)3)9-16(18)14(4)11-19(22,5)6/h9-11,13,21H,7-8,12H2,1-6H3. The van der Waals surface area contributed by atoms with E-state index in [-0.39, 0.29) is 11.4 Å². The fourth-order valence-electron chi connectivity index (χ4n) is 3.22. The van der Waals surface area contributed by atoms with E-state index in [9.17, 15) is 4.39 Å². The van der Waals surface area contributed by atoms with Crippen molar-refractivity contribution in [1.29, 1.82) is 0 Å². The molecule has 3 heteroatoms. The molecule has 1 heterocycles. The molecule has 0 unspecified atom stereocenters. The number of nitrogens with zero attached hydrogens (tertiary/aromatic N) is 1. The highest BCUT2D eigenvalue weighted by Gasteiger charge is 2.31. The molecule has 1 aromatic rings. The molecule has 0 bridgehead atoms. The number of benzene rings is 1. The van der Waals surface area contributed by atoms with Crippen LogP contribution >= 0.6 is 0 Å². The number of hydrogen-bond donors (Lipinski definition) is 1. The lowest BCUT2D eigenvalue weighted by Crippen LogP contribution is -2.45. The van der Waals surface area contributed by atoms with E-state index in [1.54, 1.807) is 6.07 Å². The van der Waals surface area contributed by atoms with Crippen LogP contribution in [0.2, 0.25) is 0 Å². The van der Waals surface area contributed by atoms with Gasteiger partial charge in [-0.3, -0.25) is 0 Å². The zero-order valence-electron chi connectivity index (χ0n) is 14.8. The fourth-order valence-corrected chi connectivity index (χ4v) is 3.22. The summed E-state index contributed by atoms with van der Waals surface area (Å²) in [5, 5.41) is 3.30.